The second-order valence-electron chi connectivity index (χ2n) is 4.11. The van der Waals surface area contributed by atoms with Gasteiger partial charge in [-0.05, 0) is 30.0 Å². The second-order valence-corrected chi connectivity index (χ2v) is 4.11. The predicted octanol–water partition coefficient (Wildman–Crippen LogP) is 1.87. The number of rotatable bonds is 0. The third-order valence-electron chi connectivity index (χ3n) is 3.10. The normalized spacial score (nSPS) is 19.0. The summed E-state index contributed by atoms with van der Waals surface area (Å²) in [6.45, 7) is 0.0586. The minimum absolute atomic E-state index is 0.0586. The van der Waals surface area contributed by atoms with Gasteiger partial charge in [0, 0.05) is 11.6 Å². The summed E-state index contributed by atoms with van der Waals surface area (Å²) in [5.74, 6) is 0.545. The van der Waals surface area contributed by atoms with Gasteiger partial charge in [0.05, 0.1) is 11.8 Å². The lowest BCUT2D eigenvalue weighted by Gasteiger charge is -2.21. The Morgan fingerprint density at radius 2 is 2.29 bits per heavy atom. The first kappa shape index (κ1) is 9.91. The fraction of sp³-hybridized carbons (Fsp3) is 0.231. The summed E-state index contributed by atoms with van der Waals surface area (Å²) in [5.41, 5.74) is 3.83. The molecule has 1 aromatic rings. The number of ether oxygens (including phenoxy) is 1. The largest absolute Gasteiger partial charge is 0.482 e. The SMILES string of the molecule is N#CC=C1CCc2ccc3c(c21)NC(=O)CO3. The first-order valence-electron chi connectivity index (χ1n) is 5.47. The number of carbonyl (C=O) groups is 1. The van der Waals surface area contributed by atoms with Gasteiger partial charge < -0.3 is 10.1 Å². The molecular formula is C13H10N2O2. The van der Waals surface area contributed by atoms with Crippen LogP contribution < -0.4 is 10.1 Å². The molecule has 4 nitrogen and oxygen atoms in total. The summed E-state index contributed by atoms with van der Waals surface area (Å²) >= 11 is 0. The summed E-state index contributed by atoms with van der Waals surface area (Å²) in [7, 11) is 0. The van der Waals surface area contributed by atoms with Crippen LogP contribution in [0.25, 0.3) is 5.57 Å². The standard InChI is InChI=1S/C13H10N2O2/c14-6-5-9-2-1-8-3-4-10-13(12(8)9)15-11(16)7-17-10/h3-5H,1-2,7H2,(H,15,16). The Balaban J connectivity index is 2.20. The summed E-state index contributed by atoms with van der Waals surface area (Å²) < 4.78 is 5.37. The molecule has 17 heavy (non-hydrogen) atoms. The molecule has 1 aliphatic carbocycles. The first-order chi connectivity index (χ1) is 8.29. The zero-order valence-electron chi connectivity index (χ0n) is 9.12. The van der Waals surface area contributed by atoms with Gasteiger partial charge in [-0.3, -0.25) is 4.79 Å². The molecule has 3 rings (SSSR count). The van der Waals surface area contributed by atoms with Crippen molar-refractivity contribution < 1.29 is 9.53 Å². The van der Waals surface area contributed by atoms with Crippen molar-refractivity contribution in [1.29, 1.82) is 5.26 Å². The molecule has 0 radical (unpaired) electrons. The van der Waals surface area contributed by atoms with E-state index in [-0.39, 0.29) is 12.5 Å². The van der Waals surface area contributed by atoms with Crippen molar-refractivity contribution in [3.63, 3.8) is 0 Å². The number of hydrogen-bond acceptors (Lipinski definition) is 3. The molecular weight excluding hydrogens is 216 g/mol. The van der Waals surface area contributed by atoms with Gasteiger partial charge in [-0.25, -0.2) is 0 Å². The Hall–Kier alpha value is -2.28. The number of nitrogens with one attached hydrogen (secondary N) is 1. The molecule has 1 N–H and O–H groups in total. The van der Waals surface area contributed by atoms with Crippen molar-refractivity contribution in [2.75, 3.05) is 11.9 Å². The third-order valence-corrected chi connectivity index (χ3v) is 3.10. The van der Waals surface area contributed by atoms with Crippen LogP contribution in [0.3, 0.4) is 0 Å². The van der Waals surface area contributed by atoms with E-state index in [1.54, 1.807) is 6.08 Å². The molecule has 0 atom stereocenters. The maximum atomic E-state index is 11.4. The zero-order valence-corrected chi connectivity index (χ0v) is 9.12. The highest BCUT2D eigenvalue weighted by atomic mass is 16.5. The summed E-state index contributed by atoms with van der Waals surface area (Å²) in [5, 5.41) is 11.6. The highest BCUT2D eigenvalue weighted by Crippen LogP contribution is 2.43. The van der Waals surface area contributed by atoms with E-state index in [1.807, 2.05) is 12.1 Å². The third kappa shape index (κ3) is 1.48. The van der Waals surface area contributed by atoms with Crippen LogP contribution in [0.15, 0.2) is 18.2 Å². The topological polar surface area (TPSA) is 62.1 Å². The van der Waals surface area contributed by atoms with Gasteiger partial charge in [0.2, 0.25) is 0 Å². The molecule has 0 saturated heterocycles. The van der Waals surface area contributed by atoms with E-state index < -0.39 is 0 Å². The number of aryl methyl sites for hydroxylation is 1. The van der Waals surface area contributed by atoms with Gasteiger partial charge in [-0.15, -0.1) is 0 Å². The van der Waals surface area contributed by atoms with E-state index in [0.717, 1.165) is 35.2 Å². The van der Waals surface area contributed by atoms with Crippen LogP contribution in [-0.4, -0.2) is 12.5 Å². The molecule has 0 fully saturated rings. The number of nitrogens with zero attached hydrogens (tertiary/aromatic N) is 1. The number of anilines is 1. The van der Waals surface area contributed by atoms with Crippen molar-refractivity contribution in [1.82, 2.24) is 0 Å². The summed E-state index contributed by atoms with van der Waals surface area (Å²) in [6, 6.07) is 5.93. The monoisotopic (exact) mass is 226 g/mol. The lowest BCUT2D eigenvalue weighted by molar-refractivity contribution is -0.118. The Morgan fingerprint density at radius 1 is 1.41 bits per heavy atom. The van der Waals surface area contributed by atoms with Gasteiger partial charge in [-0.1, -0.05) is 6.07 Å². The average molecular weight is 226 g/mol. The molecule has 0 saturated carbocycles. The Morgan fingerprint density at radius 3 is 3.12 bits per heavy atom. The van der Waals surface area contributed by atoms with E-state index >= 15 is 0 Å². The van der Waals surface area contributed by atoms with Crippen LogP contribution in [0.1, 0.15) is 17.5 Å². The van der Waals surface area contributed by atoms with Crippen LogP contribution in [0.4, 0.5) is 5.69 Å². The van der Waals surface area contributed by atoms with Gasteiger partial charge >= 0.3 is 0 Å². The zero-order chi connectivity index (χ0) is 11.8. The lowest BCUT2D eigenvalue weighted by Crippen LogP contribution is -2.26. The number of fused-ring (bicyclic) bond motifs is 3. The van der Waals surface area contributed by atoms with Crippen molar-refractivity contribution in [3.8, 4) is 11.8 Å². The molecule has 1 aliphatic heterocycles. The van der Waals surface area contributed by atoms with Crippen LogP contribution >= 0.6 is 0 Å². The van der Waals surface area contributed by atoms with E-state index in [0.29, 0.717) is 5.75 Å². The smallest absolute Gasteiger partial charge is 0.262 e. The van der Waals surface area contributed by atoms with Crippen LogP contribution in [0.5, 0.6) is 5.75 Å². The maximum absolute atomic E-state index is 11.4. The van der Waals surface area contributed by atoms with Crippen molar-refractivity contribution in [2.45, 2.75) is 12.8 Å². The molecule has 1 amide bonds. The van der Waals surface area contributed by atoms with Crippen LogP contribution in [0, 0.1) is 11.3 Å². The number of hydrogen-bond donors (Lipinski definition) is 1. The van der Waals surface area contributed by atoms with E-state index in [2.05, 4.69) is 11.4 Å². The fourth-order valence-electron chi connectivity index (χ4n) is 2.38. The number of nitriles is 1. The first-order valence-corrected chi connectivity index (χ1v) is 5.47. The molecule has 0 aromatic heterocycles. The average Bonchev–Trinajstić information content (AvgIpc) is 2.73. The molecule has 84 valence electrons. The minimum atomic E-state index is -0.144. The highest BCUT2D eigenvalue weighted by Gasteiger charge is 2.26. The van der Waals surface area contributed by atoms with Gasteiger partial charge in [0.25, 0.3) is 5.91 Å². The van der Waals surface area contributed by atoms with Gasteiger partial charge in [0.15, 0.2) is 6.61 Å². The van der Waals surface area contributed by atoms with Gasteiger partial charge in [0.1, 0.15) is 5.75 Å². The molecule has 2 aliphatic rings. The highest BCUT2D eigenvalue weighted by molar-refractivity contribution is 6.00. The number of amides is 1. The minimum Gasteiger partial charge on any atom is -0.482 e. The van der Waals surface area contributed by atoms with Gasteiger partial charge in [-0.2, -0.15) is 5.26 Å². The Labute approximate surface area is 98.5 Å². The quantitative estimate of drug-likeness (QED) is 0.687. The van der Waals surface area contributed by atoms with Crippen LogP contribution in [0.2, 0.25) is 0 Å². The lowest BCUT2D eigenvalue weighted by atomic mass is 10.0. The fourth-order valence-corrected chi connectivity index (χ4v) is 2.38. The van der Waals surface area contributed by atoms with Crippen molar-refractivity contribution >= 4 is 17.2 Å². The van der Waals surface area contributed by atoms with Crippen LogP contribution in [-0.2, 0) is 11.2 Å². The van der Waals surface area contributed by atoms with Crippen molar-refractivity contribution in [2.24, 2.45) is 0 Å². The Bertz CT molecular complexity index is 582. The van der Waals surface area contributed by atoms with E-state index in [9.17, 15) is 4.79 Å². The maximum Gasteiger partial charge on any atom is 0.262 e. The number of carbonyl (C=O) groups excluding carboxylic acids is 1. The molecule has 1 aromatic carbocycles. The van der Waals surface area contributed by atoms with E-state index in [4.69, 9.17) is 10.00 Å². The second kappa shape index (κ2) is 3.63. The summed E-state index contributed by atoms with van der Waals surface area (Å²) in [4.78, 5) is 11.4. The predicted molar refractivity (Wildman–Crippen MR) is 62.5 cm³/mol. The molecule has 0 spiro atoms. The molecule has 4 heteroatoms. The summed E-state index contributed by atoms with van der Waals surface area (Å²) in [6.07, 6.45) is 3.30. The number of allylic oxidation sites excluding steroid dienone is 2. The molecule has 0 unspecified atom stereocenters. The number of benzene rings is 1. The Kier molecular flexibility index (Phi) is 2.12. The molecule has 1 heterocycles. The van der Waals surface area contributed by atoms with Crippen molar-refractivity contribution in [3.05, 3.63) is 29.3 Å². The van der Waals surface area contributed by atoms with E-state index in [1.165, 1.54) is 0 Å². The molecule has 0 bridgehead atoms.